The average molecular weight is 280 g/mol. The Kier molecular flexibility index (Phi) is 2.96. The molecule has 0 aliphatic carbocycles. The molecule has 1 nitrogen and oxygen atoms in total. The molecule has 0 saturated heterocycles. The number of alkyl halides is 3. The minimum Gasteiger partial charge on any atom is -0.254 e. The minimum atomic E-state index is -4.48. The van der Waals surface area contributed by atoms with Crippen LogP contribution in [0.2, 0.25) is 10.0 Å². The van der Waals surface area contributed by atoms with E-state index in [4.69, 9.17) is 23.2 Å². The van der Waals surface area contributed by atoms with E-state index in [9.17, 15) is 13.2 Å². The van der Waals surface area contributed by atoms with Crippen LogP contribution in [-0.4, -0.2) is 4.98 Å². The lowest BCUT2D eigenvalue weighted by Crippen LogP contribution is -2.06. The van der Waals surface area contributed by atoms with Crippen LogP contribution in [-0.2, 0) is 6.18 Å². The van der Waals surface area contributed by atoms with Gasteiger partial charge in [0.1, 0.15) is 0 Å². The molecule has 0 spiro atoms. The van der Waals surface area contributed by atoms with E-state index in [0.717, 1.165) is 6.07 Å². The topological polar surface area (TPSA) is 12.9 Å². The standard InChI is InChI=1S/C11H6Cl2F3N/c1-5-4-17-10-7(12)3-2-6(11(14,15)16)8(10)9(5)13/h2-4H,1H3. The predicted molar refractivity (Wildman–Crippen MR) is 61.5 cm³/mol. The van der Waals surface area contributed by atoms with Crippen molar-refractivity contribution >= 4 is 34.1 Å². The third-order valence-corrected chi connectivity index (χ3v) is 3.18. The summed E-state index contributed by atoms with van der Waals surface area (Å²) in [5.74, 6) is 0. The third kappa shape index (κ3) is 2.07. The molecule has 17 heavy (non-hydrogen) atoms. The number of rotatable bonds is 0. The molecule has 6 heteroatoms. The Morgan fingerprint density at radius 2 is 1.82 bits per heavy atom. The Morgan fingerprint density at radius 1 is 1.18 bits per heavy atom. The summed E-state index contributed by atoms with van der Waals surface area (Å²) in [6, 6.07) is 2.09. The van der Waals surface area contributed by atoms with Crippen molar-refractivity contribution in [2.24, 2.45) is 0 Å². The fourth-order valence-corrected chi connectivity index (χ4v) is 2.01. The van der Waals surface area contributed by atoms with Crippen molar-refractivity contribution < 1.29 is 13.2 Å². The summed E-state index contributed by atoms with van der Waals surface area (Å²) in [6.45, 7) is 1.59. The van der Waals surface area contributed by atoms with Crippen LogP contribution in [0.25, 0.3) is 10.9 Å². The molecule has 0 radical (unpaired) electrons. The predicted octanol–water partition coefficient (Wildman–Crippen LogP) is 4.87. The van der Waals surface area contributed by atoms with Crippen LogP contribution >= 0.6 is 23.2 Å². The molecule has 0 aliphatic heterocycles. The first-order chi connectivity index (χ1) is 7.82. The van der Waals surface area contributed by atoms with Crippen LogP contribution in [0.5, 0.6) is 0 Å². The number of nitrogens with zero attached hydrogens (tertiary/aromatic N) is 1. The molecule has 0 amide bonds. The first kappa shape index (κ1) is 12.5. The second kappa shape index (κ2) is 4.03. The number of hydrogen-bond acceptors (Lipinski definition) is 1. The number of hydrogen-bond donors (Lipinski definition) is 0. The third-order valence-electron chi connectivity index (χ3n) is 2.39. The quantitative estimate of drug-likeness (QED) is 0.671. The Morgan fingerprint density at radius 3 is 2.41 bits per heavy atom. The normalized spacial score (nSPS) is 12.1. The molecule has 1 aromatic heterocycles. The van der Waals surface area contributed by atoms with Crippen LogP contribution in [0.1, 0.15) is 11.1 Å². The molecule has 90 valence electrons. The first-order valence-corrected chi connectivity index (χ1v) is 5.38. The van der Waals surface area contributed by atoms with E-state index in [-0.39, 0.29) is 20.9 Å². The number of aromatic nitrogens is 1. The Bertz CT molecular complexity index is 593. The molecule has 0 bridgehead atoms. The molecule has 0 saturated carbocycles. The fourth-order valence-electron chi connectivity index (χ4n) is 1.57. The molecule has 2 aromatic rings. The lowest BCUT2D eigenvalue weighted by atomic mass is 10.1. The van der Waals surface area contributed by atoms with E-state index in [2.05, 4.69) is 4.98 Å². The van der Waals surface area contributed by atoms with Gasteiger partial charge in [-0.25, -0.2) is 0 Å². The number of fused-ring (bicyclic) bond motifs is 1. The van der Waals surface area contributed by atoms with E-state index in [0.29, 0.717) is 5.56 Å². The summed E-state index contributed by atoms with van der Waals surface area (Å²) in [7, 11) is 0. The Labute approximate surface area is 105 Å². The highest BCUT2D eigenvalue weighted by molar-refractivity contribution is 6.39. The first-order valence-electron chi connectivity index (χ1n) is 4.63. The second-order valence-corrected chi connectivity index (χ2v) is 4.36. The van der Waals surface area contributed by atoms with Crippen molar-refractivity contribution in [2.45, 2.75) is 13.1 Å². The molecule has 1 aromatic carbocycles. The molecular formula is C11H6Cl2F3N. The van der Waals surface area contributed by atoms with Gasteiger partial charge in [-0.2, -0.15) is 13.2 Å². The molecule has 0 fully saturated rings. The molecule has 2 rings (SSSR count). The van der Waals surface area contributed by atoms with Gasteiger partial charge >= 0.3 is 6.18 Å². The van der Waals surface area contributed by atoms with Gasteiger partial charge in [0.15, 0.2) is 0 Å². The van der Waals surface area contributed by atoms with E-state index in [1.54, 1.807) is 6.92 Å². The van der Waals surface area contributed by atoms with E-state index in [1.165, 1.54) is 12.3 Å². The maximum absolute atomic E-state index is 12.8. The van der Waals surface area contributed by atoms with Gasteiger partial charge in [-0.3, -0.25) is 4.98 Å². The largest absolute Gasteiger partial charge is 0.417 e. The molecule has 0 N–H and O–H groups in total. The molecule has 0 aliphatic rings. The van der Waals surface area contributed by atoms with Crippen molar-refractivity contribution in [1.29, 1.82) is 0 Å². The summed E-state index contributed by atoms with van der Waals surface area (Å²) in [5, 5.41) is 0.0337. The van der Waals surface area contributed by atoms with Gasteiger partial charge in [0.25, 0.3) is 0 Å². The van der Waals surface area contributed by atoms with Crippen molar-refractivity contribution in [2.75, 3.05) is 0 Å². The number of pyridine rings is 1. The zero-order valence-corrected chi connectivity index (χ0v) is 10.1. The van der Waals surface area contributed by atoms with Crippen LogP contribution in [0.15, 0.2) is 18.3 Å². The summed E-state index contributed by atoms with van der Waals surface area (Å²) < 4.78 is 38.5. The number of benzene rings is 1. The molecular weight excluding hydrogens is 274 g/mol. The van der Waals surface area contributed by atoms with Gasteiger partial charge < -0.3 is 0 Å². The van der Waals surface area contributed by atoms with Gasteiger partial charge in [-0.1, -0.05) is 23.2 Å². The van der Waals surface area contributed by atoms with Crippen LogP contribution in [0, 0.1) is 6.92 Å². The smallest absolute Gasteiger partial charge is 0.254 e. The van der Waals surface area contributed by atoms with Crippen molar-refractivity contribution in [3.8, 4) is 0 Å². The van der Waals surface area contributed by atoms with E-state index < -0.39 is 11.7 Å². The highest BCUT2D eigenvalue weighted by atomic mass is 35.5. The highest BCUT2D eigenvalue weighted by Gasteiger charge is 2.34. The van der Waals surface area contributed by atoms with E-state index in [1.807, 2.05) is 0 Å². The van der Waals surface area contributed by atoms with Gasteiger partial charge in [0, 0.05) is 11.6 Å². The lowest BCUT2D eigenvalue weighted by molar-refractivity contribution is -0.136. The zero-order chi connectivity index (χ0) is 12.8. The van der Waals surface area contributed by atoms with Crippen molar-refractivity contribution in [3.05, 3.63) is 39.5 Å². The summed E-state index contributed by atoms with van der Waals surface area (Å²) in [4.78, 5) is 3.90. The van der Waals surface area contributed by atoms with Gasteiger partial charge in [-0.15, -0.1) is 0 Å². The fraction of sp³-hybridized carbons (Fsp3) is 0.182. The van der Waals surface area contributed by atoms with Crippen molar-refractivity contribution in [1.82, 2.24) is 4.98 Å². The number of halogens is 5. The van der Waals surface area contributed by atoms with Crippen LogP contribution in [0.3, 0.4) is 0 Å². The zero-order valence-electron chi connectivity index (χ0n) is 8.57. The van der Waals surface area contributed by atoms with Gasteiger partial charge in [-0.05, 0) is 24.6 Å². The Balaban J connectivity index is 2.97. The van der Waals surface area contributed by atoms with Crippen molar-refractivity contribution in [3.63, 3.8) is 0 Å². The maximum atomic E-state index is 12.8. The average Bonchev–Trinajstić information content (AvgIpc) is 2.22. The summed E-state index contributed by atoms with van der Waals surface area (Å²) in [6.07, 6.45) is -3.08. The summed E-state index contributed by atoms with van der Waals surface area (Å²) in [5.41, 5.74) is -0.276. The SMILES string of the molecule is Cc1cnc2c(Cl)ccc(C(F)(F)F)c2c1Cl. The molecule has 0 atom stereocenters. The molecule has 0 unspecified atom stereocenters. The van der Waals surface area contributed by atoms with Crippen LogP contribution in [0.4, 0.5) is 13.2 Å². The lowest BCUT2D eigenvalue weighted by Gasteiger charge is -2.13. The van der Waals surface area contributed by atoms with Gasteiger partial charge in [0.05, 0.1) is 21.1 Å². The summed E-state index contributed by atoms with van der Waals surface area (Å²) >= 11 is 11.7. The maximum Gasteiger partial charge on any atom is 0.417 e. The number of aryl methyl sites for hydroxylation is 1. The highest BCUT2D eigenvalue weighted by Crippen LogP contribution is 2.40. The monoisotopic (exact) mass is 279 g/mol. The molecule has 1 heterocycles. The van der Waals surface area contributed by atoms with E-state index >= 15 is 0 Å². The minimum absolute atomic E-state index is 0.0322. The second-order valence-electron chi connectivity index (χ2n) is 3.57. The van der Waals surface area contributed by atoms with Crippen LogP contribution < -0.4 is 0 Å². The van der Waals surface area contributed by atoms with Gasteiger partial charge in [0.2, 0.25) is 0 Å². The Hall–Kier alpha value is -1.00.